The molecule has 0 rings (SSSR count). The Balaban J connectivity index is -0.0000000000115. The van der Waals surface area contributed by atoms with E-state index in [1.165, 1.54) is 0 Å². The Morgan fingerprint density at radius 3 is 0.125 bits per heavy atom. The summed E-state index contributed by atoms with van der Waals surface area (Å²) >= 11 is 3.89. The van der Waals surface area contributed by atoms with Crippen LogP contribution in [0.15, 0.2) is 0 Å². The maximum atomic E-state index is 3.89. The lowest BCUT2D eigenvalue weighted by atomic mass is 12.0. The van der Waals surface area contributed by atoms with E-state index in [1.807, 2.05) is 0 Å². The normalized spacial score (nSPS) is 0.125. The van der Waals surface area contributed by atoms with Crippen molar-refractivity contribution in [3.05, 3.63) is 0 Å². The van der Waals surface area contributed by atoms with Gasteiger partial charge in [0, 0.05) is 0 Å². The summed E-state index contributed by atoms with van der Waals surface area (Å²) in [4.78, 5) is 0. The Hall–Kier alpha value is 0.520. The zero-order valence-electron chi connectivity index (χ0n) is 0.908. The largest absolute Gasteiger partial charge is 0.0776 e. The van der Waals surface area contributed by atoms with Crippen LogP contribution in [0.2, 0.25) is 0 Å². The smallest absolute Gasteiger partial charge is 0.0437 e. The second-order valence-electron chi connectivity index (χ2n) is 0. The summed E-state index contributed by atoms with van der Waals surface area (Å²) in [6, 6.07) is 0. The van der Waals surface area contributed by atoms with Gasteiger partial charge in [-0.25, -0.2) is 0 Å². The van der Waals surface area contributed by atoms with Gasteiger partial charge in [-0.3, -0.25) is 0 Å². The van der Waals surface area contributed by atoms with Gasteiger partial charge in [-0.1, -0.05) is 235 Å². The molecule has 0 nitrogen and oxygen atoms in total. The van der Waals surface area contributed by atoms with Crippen molar-refractivity contribution in [3.8, 4) is 0 Å². The first-order chi connectivity index (χ1) is 1.00. The lowest BCUT2D eigenvalue weighted by Gasteiger charge is -0.760. The second kappa shape index (κ2) is 109000. The number of hydrogen-bond donors (Lipinski definition) is 0. The minimum atomic E-state index is 0. The van der Waals surface area contributed by atoms with Crippen LogP contribution in [0.4, 0.5) is 0 Å². The Kier molecular flexibility index (Phi) is 47400000. The van der Waals surface area contributed by atoms with E-state index in [9.17, 15) is 0 Å². The quantitative estimate of drug-likeness (QED) is 0.273. The van der Waals surface area contributed by atoms with E-state index in [1.54, 1.807) is 0 Å². The minimum Gasteiger partial charge on any atom is -0.0776 e. The van der Waals surface area contributed by atoms with E-state index < -0.39 is 0 Å². The molecule has 0 N–H and O–H groups in total. The third-order valence-corrected chi connectivity index (χ3v) is 0. The van der Waals surface area contributed by atoms with Crippen LogP contribution in [0.3, 0.4) is 0 Å². The van der Waals surface area contributed by atoms with Crippen molar-refractivity contribution >= 4 is 19.8 Å². The molecule has 0 spiro atoms. The first kappa shape index (κ1) is 14000. The lowest BCUT2D eigenvalue weighted by molar-refractivity contribution is 2.50. The summed E-state index contributed by atoms with van der Waals surface area (Å²) in [6.07, 6.45) is 0. The van der Waals surface area contributed by atoms with Crippen LogP contribution in [-0.4, -0.2) is 0 Å². The molecule has 0 heterocycles. The van der Waals surface area contributed by atoms with E-state index in [4.69, 9.17) is 0 Å². The lowest BCUT2D eigenvalue weighted by Crippen LogP contribution is -0.399. The Labute approximate surface area is 242 Å². The molecule has 252 valence electrons. The van der Waals surface area contributed by atoms with Crippen LogP contribution in [0, 0.1) is 0 Å². The van der Waals surface area contributed by atoms with Crippen LogP contribution in [0.25, 0.3) is 0 Å². The second-order valence-corrected chi connectivity index (χ2v) is 0. The van der Waals surface area contributed by atoms with Crippen LogP contribution in [0.5, 0.6) is 0 Å². The summed E-state index contributed by atoms with van der Waals surface area (Å²) in [5, 5.41) is 0. The maximum Gasteiger partial charge on any atom is -0.0437 e. The molecule has 0 amide bonds. The molecule has 0 aliphatic heterocycles. The van der Waals surface area contributed by atoms with Crippen LogP contribution < -0.4 is 0 Å². The van der Waals surface area contributed by atoms with Gasteiger partial charge < -0.3 is 0 Å². The summed E-state index contributed by atoms with van der Waals surface area (Å²) < 4.78 is 0. The van der Waals surface area contributed by atoms with Crippen molar-refractivity contribution in [3.63, 3.8) is 0 Å². The SMILES string of the molecule is C.C.C.C.C.C.C.C.C.C.C.C.C.C.C.C.C.C.C.C.C.C.C.C.C.C.C.C.C.C.P=S. The molecule has 0 unspecified atom stereocenters. The van der Waals surface area contributed by atoms with Gasteiger partial charge in [-0.15, -0.1) is 0 Å². The molecule has 2 heteroatoms. The van der Waals surface area contributed by atoms with Gasteiger partial charge >= 0.3 is 0 Å². The van der Waals surface area contributed by atoms with Gasteiger partial charge in [0.2, 0.25) is 0 Å². The fourth-order valence-electron chi connectivity index (χ4n) is 0. The fraction of sp³-hybridized carbons (Fsp3) is 1.00. The van der Waals surface area contributed by atoms with Crippen molar-refractivity contribution in [1.82, 2.24) is 0 Å². The Morgan fingerprint density at radius 2 is 0.125 bits per heavy atom. The average molecular weight is 545 g/mol. The van der Waals surface area contributed by atoms with Gasteiger partial charge in [-0.2, -0.15) is 0 Å². The first-order valence-electron chi connectivity index (χ1n) is 0.204. The highest BCUT2D eigenvalue weighted by molar-refractivity contribution is 7.88. The summed E-state index contributed by atoms with van der Waals surface area (Å²) in [6.45, 7) is 0. The van der Waals surface area contributed by atoms with Crippen LogP contribution >= 0.6 is 8.02 Å². The van der Waals surface area contributed by atoms with Crippen LogP contribution in [-0.2, 0) is 11.8 Å². The first-order valence-corrected chi connectivity index (χ1v) is 1.84. The molecule has 0 bridgehead atoms. The van der Waals surface area contributed by atoms with Gasteiger partial charge in [-0.05, 0) is 8.02 Å². The van der Waals surface area contributed by atoms with Gasteiger partial charge in [0.05, 0.1) is 0 Å². The van der Waals surface area contributed by atoms with Crippen molar-refractivity contribution in [2.45, 2.75) is 223 Å². The van der Waals surface area contributed by atoms with E-state index >= 15 is 0 Å². The number of hydrogen-bond acceptors (Lipinski definition) is 1. The highest BCUT2D eigenvalue weighted by Gasteiger charge is 0.655. The van der Waals surface area contributed by atoms with Gasteiger partial charge in [0.25, 0.3) is 0 Å². The van der Waals surface area contributed by atoms with Crippen molar-refractivity contribution < 1.29 is 0 Å². The van der Waals surface area contributed by atoms with Crippen molar-refractivity contribution in [2.75, 3.05) is 0 Å². The fourth-order valence-corrected chi connectivity index (χ4v) is 0. The maximum absolute atomic E-state index is 3.89. The van der Waals surface area contributed by atoms with Gasteiger partial charge in [0.15, 0.2) is 0 Å². The molecule has 0 saturated carbocycles. The zero-order chi connectivity index (χ0) is 2.00. The van der Waals surface area contributed by atoms with E-state index in [2.05, 4.69) is 19.8 Å². The third kappa shape index (κ3) is 98400. The highest BCUT2D eigenvalue weighted by Crippen LogP contribution is 1.26. The van der Waals surface area contributed by atoms with Crippen molar-refractivity contribution in [1.29, 1.82) is 0 Å². The number of rotatable bonds is 0. The molecule has 0 saturated heterocycles. The monoisotopic (exact) mass is 545 g/mol. The molecular weight excluding hydrogens is 423 g/mol. The van der Waals surface area contributed by atoms with E-state index in [-0.39, 0.29) is 223 Å². The highest BCUT2D eigenvalue weighted by atomic mass is 32.4. The molecule has 0 aliphatic rings. The van der Waals surface area contributed by atoms with E-state index in [0.29, 0.717) is 0 Å². The van der Waals surface area contributed by atoms with Crippen LogP contribution in [0.1, 0.15) is 223 Å². The topological polar surface area (TPSA) is 0 Å². The molecule has 0 atom stereocenters. The molecule has 32 heavy (non-hydrogen) atoms. The third-order valence-electron chi connectivity index (χ3n) is 0. The predicted octanol–water partition coefficient (Wildman–Crippen LogP) is 19.7. The summed E-state index contributed by atoms with van der Waals surface area (Å²) in [5.74, 6) is 0. The van der Waals surface area contributed by atoms with Gasteiger partial charge in [0.1, 0.15) is 0 Å². The Morgan fingerprint density at radius 1 is 0.125 bits per heavy atom. The molecule has 0 aromatic carbocycles. The van der Waals surface area contributed by atoms with E-state index in [0.717, 1.165) is 0 Å². The summed E-state index contributed by atoms with van der Waals surface area (Å²) in [5.41, 5.74) is 0. The average Bonchev–Trinajstić information content (AvgIpc) is 1.00. The molecular formula is C30H121PS. The molecule has 0 aliphatic carbocycles. The molecule has 0 aromatic rings. The standard InChI is InChI=1S/30CH4.HPS/c;;;;;;;;;;;;;;;;;;;;;;;;;;;;;;1-2/h30*1H4;1H. The minimum absolute atomic E-state index is 0. The molecule has 0 aromatic heterocycles. The molecule has 0 radical (unpaired) electrons. The predicted molar refractivity (Wildman–Crippen MR) is 218 cm³/mol. The molecule has 0 fully saturated rings. The Bertz CT molecular complexity index is 12.8. The zero-order valence-corrected chi connectivity index (χ0v) is 2.72. The summed E-state index contributed by atoms with van der Waals surface area (Å²) in [7, 11) is 2.56. The van der Waals surface area contributed by atoms with Crippen molar-refractivity contribution in [2.24, 2.45) is 0 Å².